The minimum absolute atomic E-state index is 0.174. The van der Waals surface area contributed by atoms with Gasteiger partial charge in [0.05, 0.1) is 19.0 Å². The number of hydrogen-bond acceptors (Lipinski definition) is 3. The lowest BCUT2D eigenvalue weighted by molar-refractivity contribution is -0.139. The first-order chi connectivity index (χ1) is 5.22. The maximum atomic E-state index is 11.6. The zero-order valence-electron chi connectivity index (χ0n) is 6.80. The smallest absolute Gasteiger partial charge is 0.318 e. The van der Waals surface area contributed by atoms with Crippen LogP contribution >= 0.6 is 11.8 Å². The Morgan fingerprint density at radius 2 is 2.36 bits per heavy atom. The van der Waals surface area contributed by atoms with Crippen LogP contribution in [0.1, 0.15) is 13.3 Å². The maximum Gasteiger partial charge on any atom is 0.318 e. The molecule has 2 nitrogen and oxygen atoms in total. The van der Waals surface area contributed by atoms with Gasteiger partial charge in [0, 0.05) is 0 Å². The van der Waals surface area contributed by atoms with Crippen molar-refractivity contribution in [3.8, 4) is 0 Å². The van der Waals surface area contributed by atoms with E-state index in [0.29, 0.717) is 12.2 Å². The monoisotopic (exact) mass is 180 g/mol. The molecule has 0 amide bonds. The van der Waals surface area contributed by atoms with Crippen LogP contribution in [0.5, 0.6) is 0 Å². The molecule has 0 N–H and O–H groups in total. The average molecular weight is 180 g/mol. The van der Waals surface area contributed by atoms with Crippen LogP contribution in [0.4, 0.5) is 4.39 Å². The van der Waals surface area contributed by atoms with Crippen molar-refractivity contribution in [2.24, 2.45) is 0 Å². The van der Waals surface area contributed by atoms with Crippen LogP contribution in [0.3, 0.4) is 0 Å². The van der Waals surface area contributed by atoms with Gasteiger partial charge in [0.2, 0.25) is 0 Å². The van der Waals surface area contributed by atoms with E-state index < -0.39 is 0 Å². The fourth-order valence-electron chi connectivity index (χ4n) is 0.549. The summed E-state index contributed by atoms with van der Waals surface area (Å²) >= 11 is 1.42. The van der Waals surface area contributed by atoms with Crippen molar-refractivity contribution in [1.82, 2.24) is 0 Å². The highest BCUT2D eigenvalue weighted by Gasteiger charge is 2.12. The molecule has 0 radical (unpaired) electrons. The molecule has 0 aromatic heterocycles. The predicted molar refractivity (Wildman–Crippen MR) is 44.5 cm³/mol. The molecular weight excluding hydrogens is 167 g/mol. The number of esters is 1. The minimum Gasteiger partial charge on any atom is -0.468 e. The molecule has 0 heterocycles. The molecule has 0 aromatic carbocycles. The third-order valence-electron chi connectivity index (χ3n) is 1.18. The van der Waals surface area contributed by atoms with Crippen molar-refractivity contribution in [3.63, 3.8) is 0 Å². The summed E-state index contributed by atoms with van der Waals surface area (Å²) in [6, 6.07) is 0. The van der Waals surface area contributed by atoms with Crippen LogP contribution in [0.15, 0.2) is 0 Å². The number of rotatable bonds is 5. The first kappa shape index (κ1) is 10.8. The number of carbonyl (C=O) groups excluding carboxylic acids is 1. The number of halogens is 1. The molecule has 0 fully saturated rings. The third kappa shape index (κ3) is 5.07. The van der Waals surface area contributed by atoms with Gasteiger partial charge in [-0.3, -0.25) is 9.18 Å². The minimum atomic E-state index is -0.319. The van der Waals surface area contributed by atoms with Crippen molar-refractivity contribution in [3.05, 3.63) is 0 Å². The Kier molecular flexibility index (Phi) is 6.31. The van der Waals surface area contributed by atoms with E-state index in [2.05, 4.69) is 4.74 Å². The first-order valence-electron chi connectivity index (χ1n) is 3.47. The van der Waals surface area contributed by atoms with Crippen LogP contribution in [0.2, 0.25) is 0 Å². The van der Waals surface area contributed by atoms with Crippen molar-refractivity contribution in [1.29, 1.82) is 0 Å². The summed E-state index contributed by atoms with van der Waals surface area (Å²) in [6.07, 6.45) is 0.506. The topological polar surface area (TPSA) is 26.3 Å². The predicted octanol–water partition coefficient (Wildman–Crippen LogP) is 1.64. The zero-order chi connectivity index (χ0) is 8.69. The van der Waals surface area contributed by atoms with Gasteiger partial charge in [-0.1, -0.05) is 0 Å². The van der Waals surface area contributed by atoms with E-state index in [1.165, 1.54) is 18.9 Å². The summed E-state index contributed by atoms with van der Waals surface area (Å²) in [6.45, 7) is 1.44. The first-order valence-corrected chi connectivity index (χ1v) is 4.52. The highest BCUT2D eigenvalue weighted by molar-refractivity contribution is 8.00. The van der Waals surface area contributed by atoms with Gasteiger partial charge in [-0.2, -0.15) is 0 Å². The summed E-state index contributed by atoms with van der Waals surface area (Å²) in [7, 11) is 1.36. The number of hydrogen-bond donors (Lipinski definition) is 0. The fraction of sp³-hybridized carbons (Fsp3) is 0.857. The number of methoxy groups -OCH3 is 1. The second-order valence-electron chi connectivity index (χ2n) is 2.08. The van der Waals surface area contributed by atoms with E-state index in [9.17, 15) is 9.18 Å². The Balaban J connectivity index is 3.36. The van der Waals surface area contributed by atoms with Crippen LogP contribution in [0.25, 0.3) is 0 Å². The summed E-state index contributed by atoms with van der Waals surface area (Å²) in [4.78, 5) is 10.8. The zero-order valence-corrected chi connectivity index (χ0v) is 7.62. The standard InChI is InChI=1S/C7H13FO2S/c1-6(7(9)10-2)11-5-3-4-8/h6H,3-5H2,1-2H3. The highest BCUT2D eigenvalue weighted by Crippen LogP contribution is 2.12. The normalized spacial score (nSPS) is 12.6. The van der Waals surface area contributed by atoms with E-state index in [0.717, 1.165) is 0 Å². The highest BCUT2D eigenvalue weighted by atomic mass is 32.2. The molecule has 1 atom stereocenters. The second kappa shape index (κ2) is 6.46. The molecular formula is C7H13FO2S. The lowest BCUT2D eigenvalue weighted by Gasteiger charge is -2.06. The molecule has 0 bridgehead atoms. The van der Waals surface area contributed by atoms with Crippen molar-refractivity contribution >= 4 is 17.7 Å². The Morgan fingerprint density at radius 1 is 1.73 bits per heavy atom. The Bertz CT molecular complexity index is 119. The largest absolute Gasteiger partial charge is 0.468 e. The van der Waals surface area contributed by atoms with Gasteiger partial charge in [0.25, 0.3) is 0 Å². The molecule has 0 spiro atoms. The summed E-state index contributed by atoms with van der Waals surface area (Å²) < 4.78 is 16.1. The third-order valence-corrected chi connectivity index (χ3v) is 2.40. The average Bonchev–Trinajstić information content (AvgIpc) is 2.03. The number of ether oxygens (including phenoxy) is 1. The summed E-state index contributed by atoms with van der Waals surface area (Å²) in [5.41, 5.74) is 0. The Labute approximate surface area is 70.5 Å². The molecule has 0 aliphatic carbocycles. The van der Waals surface area contributed by atoms with E-state index in [4.69, 9.17) is 0 Å². The Hall–Kier alpha value is -0.250. The van der Waals surface area contributed by atoms with Gasteiger partial charge >= 0.3 is 5.97 Å². The SMILES string of the molecule is COC(=O)C(C)SCCCF. The van der Waals surface area contributed by atoms with Crippen LogP contribution in [0, 0.1) is 0 Å². The molecule has 1 unspecified atom stereocenters. The lowest BCUT2D eigenvalue weighted by atomic mass is 10.5. The van der Waals surface area contributed by atoms with Gasteiger partial charge in [0.1, 0.15) is 0 Å². The molecule has 66 valence electrons. The van der Waals surface area contributed by atoms with Gasteiger partial charge < -0.3 is 4.74 Å². The second-order valence-corrected chi connectivity index (χ2v) is 3.53. The molecule has 0 aromatic rings. The van der Waals surface area contributed by atoms with Crippen molar-refractivity contribution in [2.45, 2.75) is 18.6 Å². The van der Waals surface area contributed by atoms with Crippen LogP contribution in [-0.4, -0.2) is 30.8 Å². The molecule has 0 aliphatic heterocycles. The molecule has 0 aliphatic rings. The molecule has 0 saturated heterocycles. The fourth-order valence-corrected chi connectivity index (χ4v) is 1.41. The van der Waals surface area contributed by atoms with Gasteiger partial charge in [-0.05, 0) is 19.1 Å². The van der Waals surface area contributed by atoms with E-state index in [-0.39, 0.29) is 17.9 Å². The van der Waals surface area contributed by atoms with Gasteiger partial charge in [0.15, 0.2) is 0 Å². The van der Waals surface area contributed by atoms with Crippen LogP contribution < -0.4 is 0 Å². The van der Waals surface area contributed by atoms with E-state index in [1.54, 1.807) is 6.92 Å². The Morgan fingerprint density at radius 3 is 2.82 bits per heavy atom. The van der Waals surface area contributed by atoms with E-state index >= 15 is 0 Å². The molecule has 11 heavy (non-hydrogen) atoms. The van der Waals surface area contributed by atoms with Crippen molar-refractivity contribution in [2.75, 3.05) is 19.5 Å². The summed E-state index contributed by atoms with van der Waals surface area (Å²) in [5.74, 6) is 0.432. The molecule has 0 rings (SSSR count). The molecule has 0 saturated carbocycles. The number of thioether (sulfide) groups is 1. The lowest BCUT2D eigenvalue weighted by Crippen LogP contribution is -2.15. The molecule has 4 heteroatoms. The quantitative estimate of drug-likeness (QED) is 0.475. The summed E-state index contributed by atoms with van der Waals surface area (Å²) in [5, 5.41) is -0.174. The van der Waals surface area contributed by atoms with Gasteiger partial charge in [-0.25, -0.2) is 0 Å². The number of carbonyl (C=O) groups is 1. The maximum absolute atomic E-state index is 11.6. The van der Waals surface area contributed by atoms with Gasteiger partial charge in [-0.15, -0.1) is 11.8 Å². The van der Waals surface area contributed by atoms with Crippen LogP contribution in [-0.2, 0) is 9.53 Å². The van der Waals surface area contributed by atoms with Crippen molar-refractivity contribution < 1.29 is 13.9 Å². The van der Waals surface area contributed by atoms with E-state index in [1.807, 2.05) is 0 Å². The number of alkyl halides is 1.